The zero-order valence-corrected chi connectivity index (χ0v) is 16.7. The summed E-state index contributed by atoms with van der Waals surface area (Å²) in [6.07, 6.45) is 7.59. The van der Waals surface area contributed by atoms with Gasteiger partial charge in [0.2, 0.25) is 0 Å². The molecule has 1 aliphatic carbocycles. The molecule has 1 aliphatic heterocycles. The Bertz CT molecular complexity index is 661. The van der Waals surface area contributed by atoms with Crippen molar-refractivity contribution >= 4 is 17.6 Å². The summed E-state index contributed by atoms with van der Waals surface area (Å²) in [5, 5.41) is 8.71. The van der Waals surface area contributed by atoms with E-state index in [4.69, 9.17) is 4.74 Å². The lowest BCUT2D eigenvalue weighted by atomic mass is 9.94. The van der Waals surface area contributed by atoms with Crippen LogP contribution in [0.2, 0.25) is 0 Å². The molecular weight excluding hydrogens is 356 g/mol. The molecule has 1 saturated carbocycles. The highest BCUT2D eigenvalue weighted by atomic mass is 16.5. The molecule has 3 amide bonds. The average Bonchev–Trinajstić information content (AvgIpc) is 3.17. The zero-order valence-electron chi connectivity index (χ0n) is 16.7. The molecule has 154 valence electrons. The Hall–Kier alpha value is -2.12. The summed E-state index contributed by atoms with van der Waals surface area (Å²) >= 11 is 0. The topological polar surface area (TPSA) is 82.7 Å². The van der Waals surface area contributed by atoms with Crippen LogP contribution in [0.4, 0.5) is 10.5 Å². The van der Waals surface area contributed by atoms with Gasteiger partial charge in [0.15, 0.2) is 0 Å². The summed E-state index contributed by atoms with van der Waals surface area (Å²) in [4.78, 5) is 27.0. The monoisotopic (exact) mass is 388 g/mol. The number of anilines is 1. The average molecular weight is 389 g/mol. The fraction of sp³-hybridized carbons (Fsp3) is 0.619. The van der Waals surface area contributed by atoms with E-state index in [9.17, 15) is 9.59 Å². The summed E-state index contributed by atoms with van der Waals surface area (Å²) in [5.41, 5.74) is 1.12. The lowest BCUT2D eigenvalue weighted by Gasteiger charge is -2.31. The van der Waals surface area contributed by atoms with Gasteiger partial charge in [-0.3, -0.25) is 9.69 Å². The van der Waals surface area contributed by atoms with Crippen molar-refractivity contribution in [2.45, 2.75) is 50.6 Å². The van der Waals surface area contributed by atoms with Crippen molar-refractivity contribution < 1.29 is 14.3 Å². The van der Waals surface area contributed by atoms with Crippen molar-refractivity contribution in [2.75, 3.05) is 38.7 Å². The van der Waals surface area contributed by atoms with Crippen LogP contribution in [0.25, 0.3) is 0 Å². The molecule has 0 spiro atoms. The number of hydrogen-bond donors (Lipinski definition) is 3. The SMILES string of the molecule is COCCNC(=O)c1cccc(NC(=O)NC2CCN(C3CCCCC3)C2)c1. The van der Waals surface area contributed by atoms with Gasteiger partial charge in [-0.25, -0.2) is 4.79 Å². The van der Waals surface area contributed by atoms with Crippen LogP contribution < -0.4 is 16.0 Å². The molecule has 1 heterocycles. The number of urea groups is 1. The molecule has 1 saturated heterocycles. The highest BCUT2D eigenvalue weighted by Crippen LogP contribution is 2.25. The van der Waals surface area contributed by atoms with Crippen molar-refractivity contribution in [3.63, 3.8) is 0 Å². The minimum absolute atomic E-state index is 0.181. The van der Waals surface area contributed by atoms with Gasteiger partial charge in [0.1, 0.15) is 0 Å². The normalized spacial score (nSPS) is 20.7. The van der Waals surface area contributed by atoms with Crippen molar-refractivity contribution in [1.29, 1.82) is 0 Å². The third-order valence-corrected chi connectivity index (χ3v) is 5.62. The predicted molar refractivity (Wildman–Crippen MR) is 110 cm³/mol. The highest BCUT2D eigenvalue weighted by molar-refractivity contribution is 5.96. The summed E-state index contributed by atoms with van der Waals surface area (Å²) in [7, 11) is 1.59. The van der Waals surface area contributed by atoms with Crippen molar-refractivity contribution in [1.82, 2.24) is 15.5 Å². The number of nitrogens with zero attached hydrogens (tertiary/aromatic N) is 1. The molecular formula is C21H32N4O3. The summed E-state index contributed by atoms with van der Waals surface area (Å²) in [6.45, 7) is 2.91. The van der Waals surface area contributed by atoms with Gasteiger partial charge in [-0.05, 0) is 37.5 Å². The first-order valence-corrected chi connectivity index (χ1v) is 10.3. The van der Waals surface area contributed by atoms with Crippen molar-refractivity contribution in [3.8, 4) is 0 Å². The van der Waals surface area contributed by atoms with E-state index in [1.807, 2.05) is 0 Å². The van der Waals surface area contributed by atoms with Gasteiger partial charge in [0.25, 0.3) is 5.91 Å². The Labute approximate surface area is 167 Å². The second-order valence-electron chi connectivity index (χ2n) is 7.70. The second kappa shape index (κ2) is 10.4. The lowest BCUT2D eigenvalue weighted by molar-refractivity contribution is 0.0937. The number of rotatable bonds is 7. The molecule has 0 bridgehead atoms. The van der Waals surface area contributed by atoms with Crippen molar-refractivity contribution in [2.24, 2.45) is 0 Å². The van der Waals surface area contributed by atoms with Crippen molar-refractivity contribution in [3.05, 3.63) is 29.8 Å². The number of carbonyl (C=O) groups is 2. The molecule has 3 N–H and O–H groups in total. The van der Waals surface area contributed by atoms with Gasteiger partial charge >= 0.3 is 6.03 Å². The number of likely N-dealkylation sites (tertiary alicyclic amines) is 1. The Morgan fingerprint density at radius 1 is 1.18 bits per heavy atom. The van der Waals surface area contributed by atoms with E-state index in [2.05, 4.69) is 20.9 Å². The molecule has 2 fully saturated rings. The number of hydrogen-bond acceptors (Lipinski definition) is 4. The van der Waals surface area contributed by atoms with E-state index < -0.39 is 0 Å². The van der Waals surface area contributed by atoms with Crippen LogP contribution in [0.1, 0.15) is 48.9 Å². The third kappa shape index (κ3) is 5.94. The predicted octanol–water partition coefficient (Wildman–Crippen LogP) is 2.59. The number of amides is 3. The van der Waals surface area contributed by atoms with Gasteiger partial charge in [-0.15, -0.1) is 0 Å². The van der Waals surface area contributed by atoms with Crippen LogP contribution in [0.3, 0.4) is 0 Å². The third-order valence-electron chi connectivity index (χ3n) is 5.62. The zero-order chi connectivity index (χ0) is 19.8. The fourth-order valence-corrected chi connectivity index (χ4v) is 4.14. The first kappa shape index (κ1) is 20.6. The smallest absolute Gasteiger partial charge is 0.319 e. The molecule has 2 aliphatic rings. The number of carbonyl (C=O) groups excluding carboxylic acids is 2. The van der Waals surface area contributed by atoms with Crippen LogP contribution in [-0.2, 0) is 4.74 Å². The van der Waals surface area contributed by atoms with E-state index in [-0.39, 0.29) is 18.0 Å². The molecule has 3 rings (SSSR count). The van der Waals surface area contributed by atoms with Gasteiger partial charge in [-0.1, -0.05) is 25.3 Å². The van der Waals surface area contributed by atoms with Crippen LogP contribution >= 0.6 is 0 Å². The molecule has 1 aromatic carbocycles. The molecule has 28 heavy (non-hydrogen) atoms. The Morgan fingerprint density at radius 3 is 2.79 bits per heavy atom. The second-order valence-corrected chi connectivity index (χ2v) is 7.70. The number of methoxy groups -OCH3 is 1. The number of nitrogens with one attached hydrogen (secondary N) is 3. The lowest BCUT2D eigenvalue weighted by Crippen LogP contribution is -2.42. The first-order chi connectivity index (χ1) is 13.7. The molecule has 1 aromatic rings. The quantitative estimate of drug-likeness (QED) is 0.627. The van der Waals surface area contributed by atoms with E-state index in [1.165, 1.54) is 32.1 Å². The van der Waals surface area contributed by atoms with Gasteiger partial charge in [-0.2, -0.15) is 0 Å². The molecule has 7 nitrogen and oxygen atoms in total. The molecule has 1 unspecified atom stereocenters. The standard InChI is InChI=1S/C21H32N4O3/c1-28-13-11-22-20(26)16-6-5-7-17(14-16)23-21(27)24-18-10-12-25(15-18)19-8-3-2-4-9-19/h5-7,14,18-19H,2-4,8-13,15H2,1H3,(H,22,26)(H2,23,24,27). The maximum Gasteiger partial charge on any atom is 0.319 e. The maximum absolute atomic E-state index is 12.4. The van der Waals surface area contributed by atoms with Crippen LogP contribution in [0, 0.1) is 0 Å². The number of ether oxygens (including phenoxy) is 1. The van der Waals surface area contributed by atoms with Crippen LogP contribution in [-0.4, -0.2) is 62.3 Å². The molecule has 7 heteroatoms. The van der Waals surface area contributed by atoms with Gasteiger partial charge in [0, 0.05) is 50.1 Å². The van der Waals surface area contributed by atoms with Crippen LogP contribution in [0.15, 0.2) is 24.3 Å². The Balaban J connectivity index is 1.46. The minimum atomic E-state index is -0.215. The van der Waals surface area contributed by atoms with Gasteiger partial charge < -0.3 is 20.7 Å². The summed E-state index contributed by atoms with van der Waals surface area (Å²) in [6, 6.07) is 7.62. The maximum atomic E-state index is 12.4. The Kier molecular flexibility index (Phi) is 7.68. The fourth-order valence-electron chi connectivity index (χ4n) is 4.14. The van der Waals surface area contributed by atoms with Crippen LogP contribution in [0.5, 0.6) is 0 Å². The summed E-state index contributed by atoms with van der Waals surface area (Å²) in [5.74, 6) is -0.181. The molecule has 1 atom stereocenters. The highest BCUT2D eigenvalue weighted by Gasteiger charge is 2.29. The minimum Gasteiger partial charge on any atom is -0.383 e. The van der Waals surface area contributed by atoms with E-state index in [0.717, 1.165) is 19.5 Å². The first-order valence-electron chi connectivity index (χ1n) is 10.3. The summed E-state index contributed by atoms with van der Waals surface area (Å²) < 4.78 is 4.93. The Morgan fingerprint density at radius 2 is 2.00 bits per heavy atom. The molecule has 0 radical (unpaired) electrons. The largest absolute Gasteiger partial charge is 0.383 e. The van der Waals surface area contributed by atoms with E-state index in [1.54, 1.807) is 31.4 Å². The number of benzene rings is 1. The van der Waals surface area contributed by atoms with E-state index >= 15 is 0 Å². The van der Waals surface area contributed by atoms with Gasteiger partial charge in [0.05, 0.1) is 6.61 Å². The van der Waals surface area contributed by atoms with E-state index in [0.29, 0.717) is 30.4 Å². The molecule has 0 aromatic heterocycles.